The van der Waals surface area contributed by atoms with Crippen LogP contribution in [0, 0.1) is 19.7 Å². The Morgan fingerprint density at radius 1 is 1.33 bits per heavy atom. The van der Waals surface area contributed by atoms with Crippen LogP contribution < -0.4 is 11.3 Å². The Morgan fingerprint density at radius 3 is 2.28 bits per heavy atom. The summed E-state index contributed by atoms with van der Waals surface area (Å²) in [5, 5.41) is -0.807. The van der Waals surface area contributed by atoms with Crippen molar-refractivity contribution in [2.45, 2.75) is 32.1 Å². The maximum Gasteiger partial charge on any atom is 0.151 e. The smallest absolute Gasteiger partial charge is 0.151 e. The van der Waals surface area contributed by atoms with Gasteiger partial charge in [0.05, 0.1) is 11.3 Å². The molecule has 0 aliphatic heterocycles. The van der Waals surface area contributed by atoms with Crippen LogP contribution in [0.4, 0.5) is 4.39 Å². The first-order valence-corrected chi connectivity index (χ1v) is 7.55. The fraction of sp³-hybridized carbons (Fsp3) is 0.500. The zero-order valence-corrected chi connectivity index (χ0v) is 11.8. The zero-order valence-electron chi connectivity index (χ0n) is 11.0. The van der Waals surface area contributed by atoms with Gasteiger partial charge in [-0.15, -0.1) is 0 Å². The molecule has 0 saturated heterocycles. The first-order chi connectivity index (χ1) is 8.18. The highest BCUT2D eigenvalue weighted by molar-refractivity contribution is 7.91. The molecule has 3 N–H and O–H groups in total. The van der Waals surface area contributed by atoms with E-state index < -0.39 is 26.9 Å². The van der Waals surface area contributed by atoms with E-state index in [0.717, 1.165) is 11.8 Å². The molecule has 0 amide bonds. The summed E-state index contributed by atoms with van der Waals surface area (Å²) in [4.78, 5) is 0. The second-order valence-electron chi connectivity index (χ2n) is 4.66. The molecule has 0 saturated carbocycles. The predicted molar refractivity (Wildman–Crippen MR) is 70.2 cm³/mol. The molecule has 1 rings (SSSR count). The standard InChI is InChI=1S/C12H19FN2O2S/c1-7-5-8(2)11(10(13)6-7)12(15-14)9(3)18(4,16)17/h5-6,9,12,15H,14H2,1-4H3. The molecule has 6 heteroatoms. The van der Waals surface area contributed by atoms with Crippen molar-refractivity contribution in [3.8, 4) is 0 Å². The lowest BCUT2D eigenvalue weighted by Gasteiger charge is -2.24. The molecule has 0 aliphatic rings. The van der Waals surface area contributed by atoms with Gasteiger partial charge in [0.1, 0.15) is 5.82 Å². The van der Waals surface area contributed by atoms with Gasteiger partial charge in [-0.05, 0) is 38.0 Å². The van der Waals surface area contributed by atoms with Crippen LogP contribution in [0.3, 0.4) is 0 Å². The molecule has 0 bridgehead atoms. The number of sulfone groups is 1. The summed E-state index contributed by atoms with van der Waals surface area (Å²) in [6.45, 7) is 5.04. The zero-order chi connectivity index (χ0) is 14.1. The Bertz CT molecular complexity index is 520. The molecule has 102 valence electrons. The first kappa shape index (κ1) is 15.1. The number of hydrogen-bond donors (Lipinski definition) is 2. The van der Waals surface area contributed by atoms with Crippen LogP contribution in [0.2, 0.25) is 0 Å². The van der Waals surface area contributed by atoms with Crippen molar-refractivity contribution in [1.82, 2.24) is 5.43 Å². The van der Waals surface area contributed by atoms with Crippen molar-refractivity contribution < 1.29 is 12.8 Å². The number of hydrogen-bond acceptors (Lipinski definition) is 4. The minimum Gasteiger partial charge on any atom is -0.271 e. The van der Waals surface area contributed by atoms with Gasteiger partial charge >= 0.3 is 0 Å². The fourth-order valence-corrected chi connectivity index (χ4v) is 2.73. The summed E-state index contributed by atoms with van der Waals surface area (Å²) >= 11 is 0. The van der Waals surface area contributed by atoms with Gasteiger partial charge in [-0.3, -0.25) is 11.3 Å². The highest BCUT2D eigenvalue weighted by Crippen LogP contribution is 2.27. The van der Waals surface area contributed by atoms with Crippen LogP contribution in [0.1, 0.15) is 29.7 Å². The number of nitrogens with two attached hydrogens (primary N) is 1. The summed E-state index contributed by atoms with van der Waals surface area (Å²) in [6.07, 6.45) is 1.11. The topological polar surface area (TPSA) is 72.2 Å². The Labute approximate surface area is 107 Å². The van der Waals surface area contributed by atoms with Crippen LogP contribution in [-0.4, -0.2) is 19.9 Å². The maximum atomic E-state index is 14.0. The predicted octanol–water partition coefficient (Wildman–Crippen LogP) is 1.38. The quantitative estimate of drug-likeness (QED) is 0.642. The molecule has 4 nitrogen and oxygen atoms in total. The van der Waals surface area contributed by atoms with E-state index in [2.05, 4.69) is 5.43 Å². The van der Waals surface area contributed by atoms with E-state index in [4.69, 9.17) is 5.84 Å². The average molecular weight is 274 g/mol. The fourth-order valence-electron chi connectivity index (χ4n) is 2.02. The van der Waals surface area contributed by atoms with Crippen LogP contribution in [0.15, 0.2) is 12.1 Å². The van der Waals surface area contributed by atoms with Gasteiger partial charge in [0.25, 0.3) is 0 Å². The number of rotatable bonds is 4. The third-order valence-electron chi connectivity index (χ3n) is 3.12. The number of nitrogens with one attached hydrogen (secondary N) is 1. The van der Waals surface area contributed by atoms with Gasteiger partial charge in [0.15, 0.2) is 9.84 Å². The third kappa shape index (κ3) is 3.07. The average Bonchev–Trinajstić information content (AvgIpc) is 2.20. The van der Waals surface area contributed by atoms with E-state index in [9.17, 15) is 12.8 Å². The van der Waals surface area contributed by atoms with E-state index in [1.165, 1.54) is 13.0 Å². The lowest BCUT2D eigenvalue weighted by Crippen LogP contribution is -2.39. The number of halogens is 1. The van der Waals surface area contributed by atoms with Gasteiger partial charge in [0, 0.05) is 11.8 Å². The Hall–Kier alpha value is -0.980. The minimum atomic E-state index is -3.32. The van der Waals surface area contributed by atoms with Gasteiger partial charge in [-0.2, -0.15) is 0 Å². The lowest BCUT2D eigenvalue weighted by atomic mass is 9.97. The minimum absolute atomic E-state index is 0.307. The normalized spacial score (nSPS) is 15.4. The van der Waals surface area contributed by atoms with Gasteiger partial charge < -0.3 is 0 Å². The third-order valence-corrected chi connectivity index (χ3v) is 4.74. The SMILES string of the molecule is Cc1cc(C)c(C(NN)C(C)S(C)(=O)=O)c(F)c1. The Morgan fingerprint density at radius 2 is 1.89 bits per heavy atom. The summed E-state index contributed by atoms with van der Waals surface area (Å²) in [5.41, 5.74) is 4.19. The van der Waals surface area contributed by atoms with Gasteiger partial charge in [-0.1, -0.05) is 6.07 Å². The molecule has 0 spiro atoms. The largest absolute Gasteiger partial charge is 0.271 e. The van der Waals surface area contributed by atoms with Crippen molar-refractivity contribution >= 4 is 9.84 Å². The second-order valence-corrected chi connectivity index (χ2v) is 7.06. The molecule has 0 aliphatic carbocycles. The Kier molecular flexibility index (Phi) is 4.47. The van der Waals surface area contributed by atoms with Crippen molar-refractivity contribution in [3.63, 3.8) is 0 Å². The molecule has 18 heavy (non-hydrogen) atoms. The molecule has 0 fully saturated rings. The maximum absolute atomic E-state index is 14.0. The molecule has 0 aromatic heterocycles. The van der Waals surface area contributed by atoms with Crippen molar-refractivity contribution in [1.29, 1.82) is 0 Å². The first-order valence-electron chi connectivity index (χ1n) is 5.60. The molecule has 2 unspecified atom stereocenters. The molecule has 1 aromatic rings. The van der Waals surface area contributed by atoms with Crippen molar-refractivity contribution in [2.24, 2.45) is 5.84 Å². The monoisotopic (exact) mass is 274 g/mol. The summed E-state index contributed by atoms with van der Waals surface area (Å²) < 4.78 is 37.2. The molecular formula is C12H19FN2O2S. The van der Waals surface area contributed by atoms with E-state index >= 15 is 0 Å². The Balaban J connectivity index is 3.35. The highest BCUT2D eigenvalue weighted by atomic mass is 32.2. The van der Waals surface area contributed by atoms with Crippen LogP contribution in [0.5, 0.6) is 0 Å². The van der Waals surface area contributed by atoms with Gasteiger partial charge in [0.2, 0.25) is 0 Å². The summed E-state index contributed by atoms with van der Waals surface area (Å²) in [5.74, 6) is 4.96. The summed E-state index contributed by atoms with van der Waals surface area (Å²) in [7, 11) is -3.32. The summed E-state index contributed by atoms with van der Waals surface area (Å²) in [6, 6.07) is 2.42. The second kappa shape index (κ2) is 5.34. The lowest BCUT2D eigenvalue weighted by molar-refractivity contribution is 0.486. The van der Waals surface area contributed by atoms with Crippen molar-refractivity contribution in [2.75, 3.05) is 6.26 Å². The number of aryl methyl sites for hydroxylation is 2. The number of hydrazine groups is 1. The molecule has 2 atom stereocenters. The van der Waals surface area contributed by atoms with Crippen LogP contribution in [0.25, 0.3) is 0 Å². The van der Waals surface area contributed by atoms with Crippen LogP contribution >= 0.6 is 0 Å². The molecular weight excluding hydrogens is 255 g/mol. The van der Waals surface area contributed by atoms with E-state index in [1.807, 2.05) is 0 Å². The van der Waals surface area contributed by atoms with Gasteiger partial charge in [-0.25, -0.2) is 12.8 Å². The van der Waals surface area contributed by atoms with E-state index in [0.29, 0.717) is 11.1 Å². The highest BCUT2D eigenvalue weighted by Gasteiger charge is 2.29. The van der Waals surface area contributed by atoms with Crippen molar-refractivity contribution in [3.05, 3.63) is 34.6 Å². The molecule has 0 radical (unpaired) electrons. The van der Waals surface area contributed by atoms with E-state index in [-0.39, 0.29) is 0 Å². The van der Waals surface area contributed by atoms with E-state index in [1.54, 1.807) is 19.9 Å². The van der Waals surface area contributed by atoms with Crippen LogP contribution in [-0.2, 0) is 9.84 Å². The molecule has 1 aromatic carbocycles. The molecule has 0 heterocycles. The number of benzene rings is 1.